The van der Waals surface area contributed by atoms with Crippen molar-refractivity contribution in [2.24, 2.45) is 0 Å². The van der Waals surface area contributed by atoms with Gasteiger partial charge in [0.25, 0.3) is 0 Å². The second-order valence-corrected chi connectivity index (χ2v) is 7.30. The Morgan fingerprint density at radius 2 is 1.75 bits per heavy atom. The fourth-order valence-corrected chi connectivity index (χ4v) is 3.19. The highest BCUT2D eigenvalue weighted by molar-refractivity contribution is 7.62. The van der Waals surface area contributed by atoms with Crippen LogP contribution in [0.1, 0.15) is 45.1 Å². The van der Waals surface area contributed by atoms with Crippen molar-refractivity contribution >= 4 is 19.0 Å². The minimum Gasteiger partial charge on any atom is -0.388 e. The van der Waals surface area contributed by atoms with Crippen LogP contribution in [0.3, 0.4) is 0 Å². The zero-order valence-electron chi connectivity index (χ0n) is 14.6. The van der Waals surface area contributed by atoms with Crippen molar-refractivity contribution in [3.63, 3.8) is 0 Å². The van der Waals surface area contributed by atoms with Gasteiger partial charge in [0.15, 0.2) is 11.0 Å². The van der Waals surface area contributed by atoms with Gasteiger partial charge in [0.05, 0.1) is 0 Å². The van der Waals surface area contributed by atoms with E-state index < -0.39 is 18.8 Å². The molecular weight excluding hydrogens is 333 g/mol. The Hall–Kier alpha value is -1.68. The number of hydrogen-bond acceptors (Lipinski definition) is 8. The van der Waals surface area contributed by atoms with Crippen LogP contribution in [-0.4, -0.2) is 32.3 Å². The Balaban J connectivity index is 3.43. The predicted octanol–water partition coefficient (Wildman–Crippen LogP) is 2.42. The number of nitrogens with zero attached hydrogens (tertiary/aromatic N) is 3. The van der Waals surface area contributed by atoms with Gasteiger partial charge in [-0.1, -0.05) is 26.7 Å². The first-order valence-corrected chi connectivity index (χ1v) is 9.43. The minimum atomic E-state index is -3.85. The summed E-state index contributed by atoms with van der Waals surface area (Å²) in [6, 6.07) is 1.70. The van der Waals surface area contributed by atoms with Crippen LogP contribution in [0.25, 0.3) is 0 Å². The Morgan fingerprint density at radius 3 is 2.17 bits per heavy atom. The lowest BCUT2D eigenvalue weighted by Gasteiger charge is -2.22. The molecule has 0 spiro atoms. The number of rotatable bonds is 10. The van der Waals surface area contributed by atoms with E-state index in [1.165, 1.54) is 14.2 Å². The molecule has 0 amide bonds. The van der Waals surface area contributed by atoms with E-state index in [2.05, 4.69) is 18.8 Å². The first kappa shape index (κ1) is 20.4. The maximum Gasteiger partial charge on any atom is 0.380 e. The van der Waals surface area contributed by atoms with Crippen molar-refractivity contribution in [3.8, 4) is 6.07 Å². The van der Waals surface area contributed by atoms with Crippen LogP contribution >= 0.6 is 7.60 Å². The summed E-state index contributed by atoms with van der Waals surface area (Å²) in [5, 5.41) is 9.17. The highest BCUT2D eigenvalue weighted by Crippen LogP contribution is 2.45. The monoisotopic (exact) mass is 357 g/mol. The van der Waals surface area contributed by atoms with Gasteiger partial charge in [-0.25, -0.2) is 4.79 Å². The number of aromatic nitrogens is 1. The topological polar surface area (TPSA) is 106 Å². The van der Waals surface area contributed by atoms with Gasteiger partial charge in [0.2, 0.25) is 0 Å². The van der Waals surface area contributed by atoms with E-state index >= 15 is 0 Å². The van der Waals surface area contributed by atoms with E-state index in [1.54, 1.807) is 6.07 Å². The molecule has 0 aliphatic carbocycles. The molecule has 1 rings (SSSR count). The van der Waals surface area contributed by atoms with E-state index in [9.17, 15) is 14.6 Å². The van der Waals surface area contributed by atoms with Gasteiger partial charge >= 0.3 is 19.2 Å². The largest absolute Gasteiger partial charge is 0.388 e. The lowest BCUT2D eigenvalue weighted by molar-refractivity contribution is 0.286. The molecule has 0 saturated carbocycles. The second kappa shape index (κ2) is 9.58. The van der Waals surface area contributed by atoms with Crippen molar-refractivity contribution in [2.75, 3.05) is 32.2 Å². The van der Waals surface area contributed by atoms with E-state index in [1.807, 2.05) is 4.90 Å². The summed E-state index contributed by atoms with van der Waals surface area (Å²) < 4.78 is 27.6. The van der Waals surface area contributed by atoms with Gasteiger partial charge in [-0.3, -0.25) is 4.57 Å². The molecule has 0 unspecified atom stereocenters. The lowest BCUT2D eigenvalue weighted by Crippen LogP contribution is -2.32. The Bertz CT molecular complexity index is 667. The SMILES string of the molecule is CCCCN(CCCC)c1nc(P(=O)(OC)OC)c(C#N)c(=O)o1. The minimum absolute atomic E-state index is 0.0326. The molecule has 0 bridgehead atoms. The van der Waals surface area contributed by atoms with Crippen molar-refractivity contribution < 1.29 is 18.0 Å². The van der Waals surface area contributed by atoms with Gasteiger partial charge in [-0.15, -0.1) is 0 Å². The molecule has 1 aromatic rings. The molecule has 134 valence electrons. The van der Waals surface area contributed by atoms with Crippen LogP contribution in [-0.2, 0) is 13.6 Å². The number of unbranched alkanes of at least 4 members (excludes halogenated alkanes) is 2. The number of anilines is 1. The van der Waals surface area contributed by atoms with Crippen LogP contribution in [0.4, 0.5) is 6.01 Å². The summed E-state index contributed by atoms with van der Waals surface area (Å²) in [5.74, 6) is 0. The summed E-state index contributed by atoms with van der Waals surface area (Å²) in [6.45, 7) is 5.38. The maximum absolute atomic E-state index is 12.6. The average Bonchev–Trinajstić information content (AvgIpc) is 2.60. The molecule has 0 aromatic carbocycles. The molecule has 1 aromatic heterocycles. The zero-order chi connectivity index (χ0) is 18.2. The fourth-order valence-electron chi connectivity index (χ4n) is 2.07. The number of nitriles is 1. The standard InChI is InChI=1S/C15H24N3O5P/c1-5-7-9-18(10-8-6-2)15-17-13(24(20,21-3)22-4)12(11-16)14(19)23-15/h5-10H2,1-4H3. The molecule has 24 heavy (non-hydrogen) atoms. The molecule has 0 saturated heterocycles. The van der Waals surface area contributed by atoms with Gasteiger partial charge in [-0.05, 0) is 12.8 Å². The molecule has 0 fully saturated rings. The third-order valence-corrected chi connectivity index (χ3v) is 5.30. The Labute approximate surface area is 141 Å². The normalized spacial score (nSPS) is 11.3. The first-order chi connectivity index (χ1) is 11.5. The molecule has 9 heteroatoms. The van der Waals surface area contributed by atoms with E-state index in [0.29, 0.717) is 13.1 Å². The smallest absolute Gasteiger partial charge is 0.380 e. The number of hydrogen-bond donors (Lipinski definition) is 0. The van der Waals surface area contributed by atoms with Gasteiger partial charge in [-0.2, -0.15) is 10.2 Å². The third kappa shape index (κ3) is 4.67. The van der Waals surface area contributed by atoms with Gasteiger partial charge in [0.1, 0.15) is 6.07 Å². The van der Waals surface area contributed by atoms with Gasteiger partial charge in [0, 0.05) is 27.3 Å². The lowest BCUT2D eigenvalue weighted by atomic mass is 10.3. The summed E-state index contributed by atoms with van der Waals surface area (Å²) in [5.41, 5.74) is -1.67. The van der Waals surface area contributed by atoms with E-state index in [-0.39, 0.29) is 11.4 Å². The molecule has 0 atom stereocenters. The van der Waals surface area contributed by atoms with Crippen LogP contribution < -0.4 is 16.0 Å². The molecule has 0 radical (unpaired) electrons. The quantitative estimate of drug-likeness (QED) is 0.588. The summed E-state index contributed by atoms with van der Waals surface area (Å²) >= 11 is 0. The molecular formula is C15H24N3O5P. The average molecular weight is 357 g/mol. The summed E-state index contributed by atoms with van der Waals surface area (Å²) in [7, 11) is -1.51. The Kier molecular flexibility index (Phi) is 8.13. The van der Waals surface area contributed by atoms with Crippen LogP contribution in [0, 0.1) is 11.3 Å². The summed E-state index contributed by atoms with van der Waals surface area (Å²) in [4.78, 5) is 18.1. The van der Waals surface area contributed by atoms with Crippen LogP contribution in [0.5, 0.6) is 0 Å². The Morgan fingerprint density at radius 1 is 1.21 bits per heavy atom. The summed E-state index contributed by atoms with van der Waals surface area (Å²) in [6.07, 6.45) is 3.70. The van der Waals surface area contributed by atoms with E-state index in [4.69, 9.17) is 13.5 Å². The predicted molar refractivity (Wildman–Crippen MR) is 90.8 cm³/mol. The molecule has 1 heterocycles. The van der Waals surface area contributed by atoms with Crippen molar-refractivity contribution in [1.82, 2.24) is 4.98 Å². The first-order valence-electron chi connectivity index (χ1n) is 7.89. The molecule has 8 nitrogen and oxygen atoms in total. The van der Waals surface area contributed by atoms with Crippen molar-refractivity contribution in [2.45, 2.75) is 39.5 Å². The fraction of sp³-hybridized carbons (Fsp3) is 0.667. The third-order valence-electron chi connectivity index (χ3n) is 3.50. The molecule has 0 aliphatic heterocycles. The van der Waals surface area contributed by atoms with Crippen LogP contribution in [0.2, 0.25) is 0 Å². The van der Waals surface area contributed by atoms with Crippen molar-refractivity contribution in [3.05, 3.63) is 16.0 Å². The van der Waals surface area contributed by atoms with Crippen molar-refractivity contribution in [1.29, 1.82) is 5.26 Å². The second-order valence-electron chi connectivity index (χ2n) is 5.15. The van der Waals surface area contributed by atoms with Gasteiger partial charge < -0.3 is 18.4 Å². The molecule has 0 aliphatic rings. The highest BCUT2D eigenvalue weighted by atomic mass is 31.2. The van der Waals surface area contributed by atoms with Crippen LogP contribution in [0.15, 0.2) is 9.21 Å². The van der Waals surface area contributed by atoms with E-state index in [0.717, 1.165) is 25.7 Å². The zero-order valence-corrected chi connectivity index (χ0v) is 15.5. The molecule has 0 N–H and O–H groups in total. The highest BCUT2D eigenvalue weighted by Gasteiger charge is 2.34. The maximum atomic E-state index is 12.6.